The molecular weight excluding hydrogens is 262 g/mol. The van der Waals surface area contributed by atoms with Crippen molar-refractivity contribution in [3.63, 3.8) is 0 Å². The largest absolute Gasteiger partial charge is 0.478 e. The van der Waals surface area contributed by atoms with Gasteiger partial charge >= 0.3 is 5.97 Å². The monoisotopic (exact) mass is 277 g/mol. The topological polar surface area (TPSA) is 40.5 Å². The molecule has 100 valence electrons. The summed E-state index contributed by atoms with van der Waals surface area (Å²) >= 11 is 6.22. The molecule has 0 radical (unpaired) electrons. The Morgan fingerprint density at radius 1 is 1.42 bits per heavy atom. The number of nitrogens with zero attached hydrogens (tertiary/aromatic N) is 1. The van der Waals surface area contributed by atoms with E-state index in [0.717, 1.165) is 29.8 Å². The van der Waals surface area contributed by atoms with E-state index in [4.69, 9.17) is 16.7 Å². The van der Waals surface area contributed by atoms with Crippen LogP contribution >= 0.6 is 11.6 Å². The van der Waals surface area contributed by atoms with Gasteiger partial charge in [0.05, 0.1) is 0 Å². The Labute approximate surface area is 117 Å². The number of carboxylic acid groups (broad SMARTS) is 1. The van der Waals surface area contributed by atoms with Crippen molar-refractivity contribution in [1.29, 1.82) is 0 Å². The molecule has 1 saturated heterocycles. The minimum Gasteiger partial charge on any atom is -0.478 e. The van der Waals surface area contributed by atoms with E-state index in [1.54, 1.807) is 0 Å². The first-order chi connectivity index (χ1) is 9.13. The maximum absolute atomic E-state index is 10.5. The Balaban J connectivity index is 1.81. The van der Waals surface area contributed by atoms with Crippen LogP contribution in [0, 0.1) is 5.92 Å². The highest BCUT2D eigenvalue weighted by Crippen LogP contribution is 2.40. The lowest BCUT2D eigenvalue weighted by molar-refractivity contribution is -0.131. The molecule has 19 heavy (non-hydrogen) atoms. The van der Waals surface area contributed by atoms with Gasteiger partial charge < -0.3 is 10.0 Å². The lowest BCUT2D eigenvalue weighted by Gasteiger charge is -2.29. The number of halogens is 1. The molecular formula is C15H16ClNO2. The number of piperidine rings is 1. The first kappa shape index (κ1) is 12.5. The van der Waals surface area contributed by atoms with Crippen LogP contribution in [0.25, 0.3) is 6.08 Å². The van der Waals surface area contributed by atoms with Gasteiger partial charge in [-0.2, -0.15) is 0 Å². The van der Waals surface area contributed by atoms with Gasteiger partial charge in [0.25, 0.3) is 0 Å². The van der Waals surface area contributed by atoms with E-state index in [1.807, 2.05) is 18.2 Å². The average Bonchev–Trinajstić information content (AvgIpc) is 2.99. The molecule has 2 fully saturated rings. The molecule has 1 aliphatic heterocycles. The number of carbonyl (C=O) groups is 1. The number of benzene rings is 1. The van der Waals surface area contributed by atoms with Crippen molar-refractivity contribution in [1.82, 2.24) is 0 Å². The molecule has 3 nitrogen and oxygen atoms in total. The lowest BCUT2D eigenvalue weighted by atomic mass is 10.1. The van der Waals surface area contributed by atoms with E-state index in [2.05, 4.69) is 4.90 Å². The molecule has 0 spiro atoms. The summed E-state index contributed by atoms with van der Waals surface area (Å²) in [5, 5.41) is 9.24. The average molecular weight is 278 g/mol. The molecule has 2 aliphatic rings. The maximum atomic E-state index is 10.5. The Morgan fingerprint density at radius 3 is 2.84 bits per heavy atom. The summed E-state index contributed by atoms with van der Waals surface area (Å²) in [6.45, 7) is 1.13. The zero-order valence-electron chi connectivity index (χ0n) is 10.6. The van der Waals surface area contributed by atoms with Crippen molar-refractivity contribution in [2.45, 2.75) is 25.3 Å². The van der Waals surface area contributed by atoms with Gasteiger partial charge in [0.1, 0.15) is 0 Å². The molecule has 1 heterocycles. The zero-order valence-corrected chi connectivity index (χ0v) is 11.3. The van der Waals surface area contributed by atoms with E-state index in [1.165, 1.54) is 25.3 Å². The fourth-order valence-electron chi connectivity index (χ4n) is 3.23. The van der Waals surface area contributed by atoms with Crippen molar-refractivity contribution in [3.05, 3.63) is 34.9 Å². The quantitative estimate of drug-likeness (QED) is 0.861. The predicted molar refractivity (Wildman–Crippen MR) is 76.6 cm³/mol. The second kappa shape index (κ2) is 4.89. The fraction of sp³-hybridized carbons (Fsp3) is 0.400. The molecule has 2 unspecified atom stereocenters. The SMILES string of the molecule is O=C(O)/C=C/c1ccc(N2CC3CCC2C3)cc1Cl. The molecule has 1 saturated carbocycles. The third-order valence-corrected chi connectivity index (χ3v) is 4.46. The molecule has 1 N–H and O–H groups in total. The molecule has 2 bridgehead atoms. The third kappa shape index (κ3) is 2.47. The number of aliphatic carboxylic acids is 1. The van der Waals surface area contributed by atoms with Crippen LogP contribution < -0.4 is 4.90 Å². The number of fused-ring (bicyclic) bond motifs is 2. The van der Waals surface area contributed by atoms with Gasteiger partial charge in [-0.1, -0.05) is 17.7 Å². The van der Waals surface area contributed by atoms with Crippen molar-refractivity contribution in [2.75, 3.05) is 11.4 Å². The second-order valence-corrected chi connectivity index (χ2v) is 5.77. The van der Waals surface area contributed by atoms with Crippen molar-refractivity contribution in [2.24, 2.45) is 5.92 Å². The molecule has 1 aliphatic carbocycles. The zero-order chi connectivity index (χ0) is 13.4. The second-order valence-electron chi connectivity index (χ2n) is 5.36. The van der Waals surface area contributed by atoms with Crippen molar-refractivity contribution < 1.29 is 9.90 Å². The van der Waals surface area contributed by atoms with Gasteiger partial charge in [0, 0.05) is 29.4 Å². The standard InChI is InChI=1S/C15H16ClNO2/c16-14-8-13(5-2-11(14)3-6-15(18)19)17-9-10-1-4-12(17)7-10/h2-3,5-6,8,10,12H,1,4,7,9H2,(H,18,19)/b6-3+. The van der Waals surface area contributed by atoms with E-state index in [0.29, 0.717) is 11.1 Å². The highest BCUT2D eigenvalue weighted by atomic mass is 35.5. The number of rotatable bonds is 3. The molecule has 1 aromatic rings. The summed E-state index contributed by atoms with van der Waals surface area (Å²) in [5.41, 5.74) is 1.90. The van der Waals surface area contributed by atoms with E-state index < -0.39 is 5.97 Å². The Bertz CT molecular complexity index is 541. The molecule has 1 aromatic carbocycles. The molecule has 3 rings (SSSR count). The van der Waals surface area contributed by atoms with Gasteiger partial charge in [-0.15, -0.1) is 0 Å². The molecule has 0 amide bonds. The lowest BCUT2D eigenvalue weighted by Crippen LogP contribution is -2.31. The summed E-state index contributed by atoms with van der Waals surface area (Å²) in [5.74, 6) is -0.118. The Kier molecular flexibility index (Phi) is 3.23. The summed E-state index contributed by atoms with van der Waals surface area (Å²) < 4.78 is 0. The van der Waals surface area contributed by atoms with Gasteiger partial charge in [-0.3, -0.25) is 0 Å². The first-order valence-electron chi connectivity index (χ1n) is 6.60. The smallest absolute Gasteiger partial charge is 0.328 e. The van der Waals surface area contributed by atoms with Crippen LogP contribution in [0.3, 0.4) is 0 Å². The minimum absolute atomic E-state index is 0.609. The first-order valence-corrected chi connectivity index (χ1v) is 6.98. The van der Waals surface area contributed by atoms with Crippen molar-refractivity contribution in [3.8, 4) is 0 Å². The predicted octanol–water partition coefficient (Wildman–Crippen LogP) is 3.43. The van der Waals surface area contributed by atoms with Gasteiger partial charge in [-0.05, 0) is 49.0 Å². The van der Waals surface area contributed by atoms with Crippen LogP contribution in [0.1, 0.15) is 24.8 Å². The van der Waals surface area contributed by atoms with Crippen LogP contribution in [0.4, 0.5) is 5.69 Å². The Morgan fingerprint density at radius 2 is 2.26 bits per heavy atom. The van der Waals surface area contributed by atoms with Crippen LogP contribution in [0.15, 0.2) is 24.3 Å². The van der Waals surface area contributed by atoms with E-state index in [9.17, 15) is 4.79 Å². The van der Waals surface area contributed by atoms with Crippen LogP contribution in [-0.2, 0) is 4.79 Å². The van der Waals surface area contributed by atoms with E-state index >= 15 is 0 Å². The highest BCUT2D eigenvalue weighted by Gasteiger charge is 2.37. The maximum Gasteiger partial charge on any atom is 0.328 e. The minimum atomic E-state index is -0.961. The number of hydrogen-bond donors (Lipinski definition) is 1. The molecule has 0 aromatic heterocycles. The fourth-order valence-corrected chi connectivity index (χ4v) is 3.47. The molecule has 2 atom stereocenters. The number of carboxylic acids is 1. The summed E-state index contributed by atoms with van der Waals surface area (Å²) in [4.78, 5) is 12.9. The van der Waals surface area contributed by atoms with Crippen LogP contribution in [0.2, 0.25) is 5.02 Å². The number of hydrogen-bond acceptors (Lipinski definition) is 2. The summed E-state index contributed by atoms with van der Waals surface area (Å²) in [6.07, 6.45) is 6.58. The normalized spacial score (nSPS) is 25.4. The third-order valence-electron chi connectivity index (χ3n) is 4.13. The highest BCUT2D eigenvalue weighted by molar-refractivity contribution is 6.32. The Hall–Kier alpha value is -1.48. The van der Waals surface area contributed by atoms with Crippen molar-refractivity contribution >= 4 is 29.3 Å². The van der Waals surface area contributed by atoms with Crippen LogP contribution in [0.5, 0.6) is 0 Å². The van der Waals surface area contributed by atoms with Crippen LogP contribution in [-0.4, -0.2) is 23.7 Å². The van der Waals surface area contributed by atoms with E-state index in [-0.39, 0.29) is 0 Å². The molecule has 4 heteroatoms. The number of anilines is 1. The van der Waals surface area contributed by atoms with Gasteiger partial charge in [0.2, 0.25) is 0 Å². The van der Waals surface area contributed by atoms with Gasteiger partial charge in [0.15, 0.2) is 0 Å². The summed E-state index contributed by atoms with van der Waals surface area (Å²) in [6, 6.07) is 6.54. The summed E-state index contributed by atoms with van der Waals surface area (Å²) in [7, 11) is 0. The van der Waals surface area contributed by atoms with Gasteiger partial charge in [-0.25, -0.2) is 4.79 Å².